The number of fused-ring (bicyclic) bond motifs is 1. The maximum absolute atomic E-state index is 12.1. The van der Waals surface area contributed by atoms with Crippen molar-refractivity contribution >= 4 is 28.4 Å². The highest BCUT2D eigenvalue weighted by atomic mass is 16.1. The van der Waals surface area contributed by atoms with Gasteiger partial charge < -0.3 is 10.7 Å². The lowest BCUT2D eigenvalue weighted by molar-refractivity contribution is 0.104. The van der Waals surface area contributed by atoms with Crippen LogP contribution in [0.15, 0.2) is 60.8 Å². The number of carbonyl (C=O) groups excluding carboxylic acids is 1. The third kappa shape index (κ3) is 2.34. The van der Waals surface area contributed by atoms with E-state index >= 15 is 0 Å². The minimum Gasteiger partial charge on any atom is -0.399 e. The molecule has 2 aromatic carbocycles. The fourth-order valence-electron chi connectivity index (χ4n) is 2.16. The third-order valence-corrected chi connectivity index (χ3v) is 3.24. The number of H-pyrrole nitrogens is 1. The number of aromatic nitrogens is 1. The van der Waals surface area contributed by atoms with Gasteiger partial charge in [-0.05, 0) is 48.0 Å². The van der Waals surface area contributed by atoms with E-state index in [2.05, 4.69) is 4.98 Å². The van der Waals surface area contributed by atoms with Crippen LogP contribution in [0.5, 0.6) is 0 Å². The molecule has 1 aromatic heterocycles. The predicted molar refractivity (Wildman–Crippen MR) is 82.5 cm³/mol. The van der Waals surface area contributed by atoms with Crippen LogP contribution in [0.25, 0.3) is 17.0 Å². The number of allylic oxidation sites excluding steroid dienone is 1. The number of hydrogen-bond acceptors (Lipinski definition) is 2. The smallest absolute Gasteiger partial charge is 0.185 e. The van der Waals surface area contributed by atoms with Crippen molar-refractivity contribution in [3.63, 3.8) is 0 Å². The first-order chi connectivity index (χ1) is 9.74. The predicted octanol–water partition coefficient (Wildman–Crippen LogP) is 3.65. The summed E-state index contributed by atoms with van der Waals surface area (Å²) in [5, 5.41) is 1.11. The monoisotopic (exact) mass is 262 g/mol. The highest BCUT2D eigenvalue weighted by Gasteiger charge is 2.02. The van der Waals surface area contributed by atoms with Crippen LogP contribution in [0, 0.1) is 0 Å². The molecule has 0 saturated heterocycles. The van der Waals surface area contributed by atoms with Gasteiger partial charge >= 0.3 is 0 Å². The van der Waals surface area contributed by atoms with Gasteiger partial charge in [-0.25, -0.2) is 0 Å². The SMILES string of the molecule is Nc1ccc(C(=O)C=Cc2cccc3[nH]ccc23)cc1. The Bertz CT molecular complexity index is 782. The number of hydrogen-bond donors (Lipinski definition) is 2. The lowest BCUT2D eigenvalue weighted by Gasteiger charge is -1.98. The number of nitrogens with one attached hydrogen (secondary N) is 1. The molecular weight excluding hydrogens is 248 g/mol. The molecule has 0 bridgehead atoms. The second-order valence-corrected chi connectivity index (χ2v) is 4.61. The Kier molecular flexibility index (Phi) is 3.09. The Morgan fingerprint density at radius 3 is 2.65 bits per heavy atom. The summed E-state index contributed by atoms with van der Waals surface area (Å²) >= 11 is 0. The first kappa shape index (κ1) is 12.2. The number of nitrogens with two attached hydrogens (primary N) is 1. The topological polar surface area (TPSA) is 58.9 Å². The van der Waals surface area contributed by atoms with Crippen molar-refractivity contribution in [1.29, 1.82) is 0 Å². The number of carbonyl (C=O) groups is 1. The molecule has 3 aromatic rings. The van der Waals surface area contributed by atoms with E-state index in [-0.39, 0.29) is 5.78 Å². The van der Waals surface area contributed by atoms with E-state index in [1.807, 2.05) is 36.5 Å². The van der Waals surface area contributed by atoms with Gasteiger partial charge in [0.1, 0.15) is 0 Å². The highest BCUT2D eigenvalue weighted by molar-refractivity contribution is 6.07. The fraction of sp³-hybridized carbons (Fsp3) is 0. The molecule has 0 atom stereocenters. The van der Waals surface area contributed by atoms with Crippen LogP contribution in [-0.2, 0) is 0 Å². The maximum atomic E-state index is 12.1. The molecule has 3 nitrogen and oxygen atoms in total. The van der Waals surface area contributed by atoms with E-state index in [0.717, 1.165) is 16.5 Å². The van der Waals surface area contributed by atoms with E-state index in [9.17, 15) is 4.79 Å². The van der Waals surface area contributed by atoms with Crippen LogP contribution in [0.3, 0.4) is 0 Å². The number of aromatic amines is 1. The molecule has 0 saturated carbocycles. The lowest BCUT2D eigenvalue weighted by atomic mass is 10.1. The van der Waals surface area contributed by atoms with Gasteiger partial charge in [0, 0.05) is 28.4 Å². The molecule has 0 aliphatic rings. The fourth-order valence-corrected chi connectivity index (χ4v) is 2.16. The molecule has 0 spiro atoms. The largest absolute Gasteiger partial charge is 0.399 e. The van der Waals surface area contributed by atoms with E-state index in [1.165, 1.54) is 0 Å². The molecule has 3 heteroatoms. The minimum atomic E-state index is -0.0301. The molecule has 0 fully saturated rings. The summed E-state index contributed by atoms with van der Waals surface area (Å²) in [4.78, 5) is 15.2. The van der Waals surface area contributed by atoms with Crippen LogP contribution in [-0.4, -0.2) is 10.8 Å². The minimum absolute atomic E-state index is 0.0301. The van der Waals surface area contributed by atoms with Gasteiger partial charge in [0.15, 0.2) is 5.78 Å². The zero-order chi connectivity index (χ0) is 13.9. The van der Waals surface area contributed by atoms with E-state index in [1.54, 1.807) is 30.3 Å². The Hall–Kier alpha value is -2.81. The van der Waals surface area contributed by atoms with Gasteiger partial charge in [-0.2, -0.15) is 0 Å². The van der Waals surface area contributed by atoms with Crippen LogP contribution < -0.4 is 5.73 Å². The second-order valence-electron chi connectivity index (χ2n) is 4.61. The van der Waals surface area contributed by atoms with Crippen molar-refractivity contribution in [2.45, 2.75) is 0 Å². The number of nitrogen functional groups attached to an aromatic ring is 1. The number of rotatable bonds is 3. The standard InChI is InChI=1S/C17H14N2O/c18-14-7-4-13(5-8-14)17(20)9-6-12-2-1-3-16-15(12)10-11-19-16/h1-11,19H,18H2. The molecule has 3 rings (SSSR count). The average molecular weight is 262 g/mol. The van der Waals surface area contributed by atoms with E-state index in [0.29, 0.717) is 11.3 Å². The highest BCUT2D eigenvalue weighted by Crippen LogP contribution is 2.19. The molecule has 0 aliphatic heterocycles. The molecule has 0 amide bonds. The van der Waals surface area contributed by atoms with Gasteiger partial charge in [-0.3, -0.25) is 4.79 Å². The van der Waals surface area contributed by atoms with E-state index < -0.39 is 0 Å². The summed E-state index contributed by atoms with van der Waals surface area (Å²) in [6.45, 7) is 0. The maximum Gasteiger partial charge on any atom is 0.185 e. The molecule has 3 N–H and O–H groups in total. The van der Waals surface area contributed by atoms with E-state index in [4.69, 9.17) is 5.73 Å². The Labute approximate surface area is 116 Å². The second kappa shape index (κ2) is 5.05. The molecule has 0 aliphatic carbocycles. The summed E-state index contributed by atoms with van der Waals surface area (Å²) in [7, 11) is 0. The summed E-state index contributed by atoms with van der Waals surface area (Å²) in [6.07, 6.45) is 5.33. The van der Waals surface area contributed by atoms with Crippen molar-refractivity contribution in [2.75, 3.05) is 5.73 Å². The van der Waals surface area contributed by atoms with Crippen molar-refractivity contribution < 1.29 is 4.79 Å². The molecule has 1 heterocycles. The third-order valence-electron chi connectivity index (χ3n) is 3.24. The average Bonchev–Trinajstić information content (AvgIpc) is 2.94. The number of benzene rings is 2. The first-order valence-corrected chi connectivity index (χ1v) is 6.38. The van der Waals surface area contributed by atoms with Crippen LogP contribution in [0.1, 0.15) is 15.9 Å². The van der Waals surface area contributed by atoms with Crippen molar-refractivity contribution in [3.8, 4) is 0 Å². The van der Waals surface area contributed by atoms with Crippen molar-refractivity contribution in [2.24, 2.45) is 0 Å². The summed E-state index contributed by atoms with van der Waals surface area (Å²) < 4.78 is 0. The lowest BCUT2D eigenvalue weighted by Crippen LogP contribution is -1.94. The number of ketones is 1. The zero-order valence-corrected chi connectivity index (χ0v) is 10.8. The molecule has 98 valence electrons. The van der Waals surface area contributed by atoms with Gasteiger partial charge in [0.25, 0.3) is 0 Å². The van der Waals surface area contributed by atoms with Crippen LogP contribution in [0.4, 0.5) is 5.69 Å². The van der Waals surface area contributed by atoms with Crippen LogP contribution >= 0.6 is 0 Å². The molecule has 0 radical (unpaired) electrons. The number of anilines is 1. The van der Waals surface area contributed by atoms with Crippen molar-refractivity contribution in [1.82, 2.24) is 4.98 Å². The first-order valence-electron chi connectivity index (χ1n) is 6.38. The van der Waals surface area contributed by atoms with Gasteiger partial charge in [0.05, 0.1) is 0 Å². The Morgan fingerprint density at radius 2 is 1.85 bits per heavy atom. The molecule has 0 unspecified atom stereocenters. The summed E-state index contributed by atoms with van der Waals surface area (Å²) in [5.41, 5.74) is 8.98. The van der Waals surface area contributed by atoms with Gasteiger partial charge in [-0.15, -0.1) is 0 Å². The Morgan fingerprint density at radius 1 is 1.05 bits per heavy atom. The summed E-state index contributed by atoms with van der Waals surface area (Å²) in [6, 6.07) is 14.9. The van der Waals surface area contributed by atoms with Gasteiger partial charge in [0.2, 0.25) is 0 Å². The van der Waals surface area contributed by atoms with Crippen molar-refractivity contribution in [3.05, 3.63) is 71.9 Å². The van der Waals surface area contributed by atoms with Crippen LogP contribution in [0.2, 0.25) is 0 Å². The quantitative estimate of drug-likeness (QED) is 0.430. The molecular formula is C17H14N2O. The Balaban J connectivity index is 1.88. The molecule has 20 heavy (non-hydrogen) atoms. The van der Waals surface area contributed by atoms with Gasteiger partial charge in [-0.1, -0.05) is 18.2 Å². The zero-order valence-electron chi connectivity index (χ0n) is 10.8. The normalized spacial score (nSPS) is 11.2. The summed E-state index contributed by atoms with van der Waals surface area (Å²) in [5.74, 6) is -0.0301.